The zero-order valence-corrected chi connectivity index (χ0v) is 9.95. The largest absolute Gasteiger partial charge is 0.469 e. The predicted molar refractivity (Wildman–Crippen MR) is 59.7 cm³/mol. The van der Waals surface area contributed by atoms with E-state index in [2.05, 4.69) is 22.0 Å². The number of esters is 1. The predicted octanol–water partition coefficient (Wildman–Crippen LogP) is 0.479. The van der Waals surface area contributed by atoms with Gasteiger partial charge in [-0.15, -0.1) is 0 Å². The average molecular weight is 214 g/mol. The molecule has 0 spiro atoms. The number of carbonyl (C=O) groups is 1. The van der Waals surface area contributed by atoms with E-state index < -0.39 is 0 Å². The maximum Gasteiger partial charge on any atom is 0.305 e. The van der Waals surface area contributed by atoms with Gasteiger partial charge in [-0.2, -0.15) is 0 Å². The van der Waals surface area contributed by atoms with Gasteiger partial charge in [-0.05, 0) is 39.4 Å². The summed E-state index contributed by atoms with van der Waals surface area (Å²) in [6.45, 7) is 2.30. The third-order valence-corrected chi connectivity index (χ3v) is 3.25. The topological polar surface area (TPSA) is 41.6 Å². The van der Waals surface area contributed by atoms with Gasteiger partial charge in [0.15, 0.2) is 0 Å². The standard InChI is InChI=1S/C11H22N2O2/c1-12-10(4-5-11(14)15-3)9-6-7-13(2)8-9/h9-10,12H,4-8H2,1-3H3. The molecular weight excluding hydrogens is 192 g/mol. The van der Waals surface area contributed by atoms with Crippen molar-refractivity contribution in [1.82, 2.24) is 10.2 Å². The van der Waals surface area contributed by atoms with Crippen molar-refractivity contribution in [2.75, 3.05) is 34.3 Å². The highest BCUT2D eigenvalue weighted by atomic mass is 16.5. The van der Waals surface area contributed by atoms with Crippen LogP contribution in [-0.4, -0.2) is 51.2 Å². The molecule has 0 amide bonds. The Morgan fingerprint density at radius 2 is 2.40 bits per heavy atom. The van der Waals surface area contributed by atoms with Gasteiger partial charge in [-0.3, -0.25) is 4.79 Å². The van der Waals surface area contributed by atoms with Gasteiger partial charge in [-0.25, -0.2) is 0 Å². The number of hydrogen-bond acceptors (Lipinski definition) is 4. The summed E-state index contributed by atoms with van der Waals surface area (Å²) in [6, 6.07) is 0.439. The molecule has 0 aromatic carbocycles. The van der Waals surface area contributed by atoms with Crippen molar-refractivity contribution in [2.24, 2.45) is 5.92 Å². The van der Waals surface area contributed by atoms with E-state index in [0.29, 0.717) is 18.4 Å². The summed E-state index contributed by atoms with van der Waals surface area (Å²) in [4.78, 5) is 13.4. The molecule has 88 valence electrons. The molecule has 2 atom stereocenters. The summed E-state index contributed by atoms with van der Waals surface area (Å²) in [5.41, 5.74) is 0. The lowest BCUT2D eigenvalue weighted by Crippen LogP contribution is -2.35. The van der Waals surface area contributed by atoms with Crippen molar-refractivity contribution in [3.63, 3.8) is 0 Å². The third-order valence-electron chi connectivity index (χ3n) is 3.25. The van der Waals surface area contributed by atoms with Gasteiger partial charge in [-0.1, -0.05) is 0 Å². The van der Waals surface area contributed by atoms with Crippen LogP contribution < -0.4 is 5.32 Å². The molecule has 1 aliphatic rings. The summed E-state index contributed by atoms with van der Waals surface area (Å²) in [6.07, 6.45) is 2.62. The van der Waals surface area contributed by atoms with E-state index in [4.69, 9.17) is 0 Å². The summed E-state index contributed by atoms with van der Waals surface area (Å²) >= 11 is 0. The number of nitrogens with zero attached hydrogens (tertiary/aromatic N) is 1. The van der Waals surface area contributed by atoms with Crippen molar-refractivity contribution in [1.29, 1.82) is 0 Å². The first-order valence-corrected chi connectivity index (χ1v) is 5.60. The number of methoxy groups -OCH3 is 1. The molecule has 0 radical (unpaired) electrons. The highest BCUT2D eigenvalue weighted by Gasteiger charge is 2.26. The lowest BCUT2D eigenvalue weighted by Gasteiger charge is -2.22. The quantitative estimate of drug-likeness (QED) is 0.676. The Bertz CT molecular complexity index is 209. The number of carbonyl (C=O) groups excluding carboxylic acids is 1. The summed E-state index contributed by atoms with van der Waals surface area (Å²) in [5, 5.41) is 3.31. The molecular formula is C11H22N2O2. The van der Waals surface area contributed by atoms with Crippen LogP contribution in [0.25, 0.3) is 0 Å². The Morgan fingerprint density at radius 1 is 1.67 bits per heavy atom. The Hall–Kier alpha value is -0.610. The lowest BCUT2D eigenvalue weighted by molar-refractivity contribution is -0.140. The summed E-state index contributed by atoms with van der Waals surface area (Å²) in [7, 11) is 5.56. The number of nitrogens with one attached hydrogen (secondary N) is 1. The Balaban J connectivity index is 2.32. The molecule has 1 rings (SSSR count). The smallest absolute Gasteiger partial charge is 0.305 e. The fraction of sp³-hybridized carbons (Fsp3) is 0.909. The second-order valence-corrected chi connectivity index (χ2v) is 4.32. The maximum atomic E-state index is 11.1. The summed E-state index contributed by atoms with van der Waals surface area (Å²) < 4.78 is 4.65. The second kappa shape index (κ2) is 6.08. The van der Waals surface area contributed by atoms with Crippen LogP contribution in [-0.2, 0) is 9.53 Å². The molecule has 2 unspecified atom stereocenters. The Kier molecular flexibility index (Phi) is 5.05. The van der Waals surface area contributed by atoms with E-state index in [1.807, 2.05) is 7.05 Å². The van der Waals surface area contributed by atoms with Gasteiger partial charge >= 0.3 is 5.97 Å². The van der Waals surface area contributed by atoms with Crippen LogP contribution in [0.15, 0.2) is 0 Å². The number of ether oxygens (including phenoxy) is 1. The SMILES string of the molecule is CNC(CCC(=O)OC)C1CCN(C)C1. The molecule has 4 heteroatoms. The lowest BCUT2D eigenvalue weighted by atomic mass is 9.95. The Labute approximate surface area is 92.0 Å². The van der Waals surface area contributed by atoms with Crippen LogP contribution in [0.4, 0.5) is 0 Å². The first-order valence-electron chi connectivity index (χ1n) is 5.60. The molecule has 0 aromatic rings. The van der Waals surface area contributed by atoms with Gasteiger partial charge in [0.2, 0.25) is 0 Å². The van der Waals surface area contributed by atoms with E-state index in [1.54, 1.807) is 0 Å². The van der Waals surface area contributed by atoms with E-state index >= 15 is 0 Å². The van der Waals surface area contributed by atoms with Gasteiger partial charge in [0, 0.05) is 19.0 Å². The highest BCUT2D eigenvalue weighted by Crippen LogP contribution is 2.21. The zero-order valence-electron chi connectivity index (χ0n) is 9.95. The minimum atomic E-state index is -0.110. The molecule has 1 fully saturated rings. The molecule has 0 aromatic heterocycles. The van der Waals surface area contributed by atoms with Crippen molar-refractivity contribution >= 4 is 5.97 Å². The van der Waals surface area contributed by atoms with Crippen molar-refractivity contribution in [3.05, 3.63) is 0 Å². The third kappa shape index (κ3) is 3.80. The zero-order chi connectivity index (χ0) is 11.3. The molecule has 4 nitrogen and oxygen atoms in total. The number of hydrogen-bond donors (Lipinski definition) is 1. The van der Waals surface area contributed by atoms with Gasteiger partial charge in [0.05, 0.1) is 7.11 Å². The van der Waals surface area contributed by atoms with Crippen molar-refractivity contribution in [3.8, 4) is 0 Å². The molecule has 0 aliphatic carbocycles. The fourth-order valence-electron chi connectivity index (χ4n) is 2.29. The minimum absolute atomic E-state index is 0.110. The molecule has 0 saturated carbocycles. The molecule has 0 bridgehead atoms. The van der Waals surface area contributed by atoms with Crippen LogP contribution in [0.3, 0.4) is 0 Å². The highest BCUT2D eigenvalue weighted by molar-refractivity contribution is 5.69. The maximum absolute atomic E-state index is 11.1. The van der Waals surface area contributed by atoms with E-state index in [0.717, 1.165) is 13.0 Å². The first kappa shape index (κ1) is 12.5. The average Bonchev–Trinajstić information content (AvgIpc) is 2.65. The molecule has 15 heavy (non-hydrogen) atoms. The monoisotopic (exact) mass is 214 g/mol. The number of rotatable bonds is 5. The first-order chi connectivity index (χ1) is 7.17. The molecule has 1 saturated heterocycles. The van der Waals surface area contributed by atoms with E-state index in [1.165, 1.54) is 20.1 Å². The van der Waals surface area contributed by atoms with Gasteiger partial charge in [0.1, 0.15) is 0 Å². The molecule has 1 aliphatic heterocycles. The van der Waals surface area contributed by atoms with Gasteiger partial charge in [0.25, 0.3) is 0 Å². The van der Waals surface area contributed by atoms with E-state index in [-0.39, 0.29) is 5.97 Å². The normalized spacial score (nSPS) is 24.1. The van der Waals surface area contributed by atoms with Crippen LogP contribution in [0, 0.1) is 5.92 Å². The number of likely N-dealkylation sites (tertiary alicyclic amines) is 1. The van der Waals surface area contributed by atoms with Gasteiger partial charge < -0.3 is 15.0 Å². The molecule has 1 heterocycles. The van der Waals surface area contributed by atoms with Crippen LogP contribution in [0.2, 0.25) is 0 Å². The minimum Gasteiger partial charge on any atom is -0.469 e. The van der Waals surface area contributed by atoms with Crippen molar-refractivity contribution < 1.29 is 9.53 Å². The molecule has 1 N–H and O–H groups in total. The second-order valence-electron chi connectivity index (χ2n) is 4.32. The van der Waals surface area contributed by atoms with E-state index in [9.17, 15) is 4.79 Å². The fourth-order valence-corrected chi connectivity index (χ4v) is 2.29. The van der Waals surface area contributed by atoms with Crippen molar-refractivity contribution in [2.45, 2.75) is 25.3 Å². The van der Waals surface area contributed by atoms with Crippen LogP contribution in [0.1, 0.15) is 19.3 Å². The summed E-state index contributed by atoms with van der Waals surface area (Å²) in [5.74, 6) is 0.561. The van der Waals surface area contributed by atoms with Crippen LogP contribution >= 0.6 is 0 Å². The Morgan fingerprint density at radius 3 is 2.87 bits per heavy atom. The van der Waals surface area contributed by atoms with Crippen LogP contribution in [0.5, 0.6) is 0 Å².